The molecule has 0 bridgehead atoms. The summed E-state index contributed by atoms with van der Waals surface area (Å²) >= 11 is 1.68. The van der Waals surface area contributed by atoms with Gasteiger partial charge in [0.2, 0.25) is 0 Å². The van der Waals surface area contributed by atoms with E-state index in [4.69, 9.17) is 10.00 Å². The Morgan fingerprint density at radius 2 is 2.00 bits per heavy atom. The number of nitrogens with one attached hydrogen (secondary N) is 1. The van der Waals surface area contributed by atoms with E-state index in [1.54, 1.807) is 17.8 Å². The molecular formula is C25H22N4O2S. The number of pyridine rings is 1. The first-order valence-electron chi connectivity index (χ1n) is 10.3. The zero-order chi connectivity index (χ0) is 22.2. The summed E-state index contributed by atoms with van der Waals surface area (Å²) in [6.45, 7) is 0.471. The fourth-order valence-corrected chi connectivity index (χ4v) is 3.91. The van der Waals surface area contributed by atoms with Gasteiger partial charge in [-0.05, 0) is 55.0 Å². The van der Waals surface area contributed by atoms with E-state index in [0.29, 0.717) is 36.4 Å². The highest BCUT2D eigenvalue weighted by molar-refractivity contribution is 7.98. The summed E-state index contributed by atoms with van der Waals surface area (Å²) in [6.07, 6.45) is 5.16. The van der Waals surface area contributed by atoms with E-state index in [0.717, 1.165) is 22.0 Å². The number of carbonyl (C=O) groups is 1. The van der Waals surface area contributed by atoms with Crippen LogP contribution in [0.25, 0.3) is 5.65 Å². The van der Waals surface area contributed by atoms with E-state index in [-0.39, 0.29) is 5.91 Å². The third kappa shape index (κ3) is 5.68. The second-order valence-electron chi connectivity index (χ2n) is 7.10. The number of unbranched alkanes of at least 4 members (excludes halogenated alkanes) is 1. The number of nitriles is 1. The number of amides is 1. The average Bonchev–Trinajstić information content (AvgIpc) is 3.24. The van der Waals surface area contributed by atoms with Crippen molar-refractivity contribution in [3.63, 3.8) is 0 Å². The average molecular weight is 443 g/mol. The monoisotopic (exact) mass is 442 g/mol. The van der Waals surface area contributed by atoms with Gasteiger partial charge in [-0.15, -0.1) is 11.8 Å². The van der Waals surface area contributed by atoms with Gasteiger partial charge in [0.25, 0.3) is 5.91 Å². The normalized spacial score (nSPS) is 10.6. The summed E-state index contributed by atoms with van der Waals surface area (Å²) in [5.41, 5.74) is 3.20. The van der Waals surface area contributed by atoms with Gasteiger partial charge in [-0.25, -0.2) is 4.98 Å². The molecule has 0 spiro atoms. The molecule has 7 heteroatoms. The van der Waals surface area contributed by atoms with Crippen LogP contribution < -0.4 is 10.1 Å². The summed E-state index contributed by atoms with van der Waals surface area (Å²) in [4.78, 5) is 18.3. The van der Waals surface area contributed by atoms with Gasteiger partial charge >= 0.3 is 0 Å². The Balaban J connectivity index is 1.31. The van der Waals surface area contributed by atoms with Gasteiger partial charge < -0.3 is 14.5 Å². The number of anilines is 1. The van der Waals surface area contributed by atoms with Gasteiger partial charge in [-0.2, -0.15) is 5.26 Å². The van der Waals surface area contributed by atoms with Crippen molar-refractivity contribution in [2.75, 3.05) is 11.9 Å². The smallest absolute Gasteiger partial charge is 0.255 e. The molecule has 1 amide bonds. The van der Waals surface area contributed by atoms with E-state index in [9.17, 15) is 4.79 Å². The maximum Gasteiger partial charge on any atom is 0.255 e. The molecule has 0 aliphatic carbocycles. The molecule has 160 valence electrons. The predicted molar refractivity (Wildman–Crippen MR) is 126 cm³/mol. The first-order valence-corrected chi connectivity index (χ1v) is 11.3. The number of benzene rings is 2. The van der Waals surface area contributed by atoms with Gasteiger partial charge in [0.15, 0.2) is 0 Å². The lowest BCUT2D eigenvalue weighted by Crippen LogP contribution is -2.11. The molecule has 0 aliphatic heterocycles. The third-order valence-corrected chi connectivity index (χ3v) is 5.76. The number of hydrogen-bond donors (Lipinski definition) is 1. The van der Waals surface area contributed by atoms with Gasteiger partial charge in [0.1, 0.15) is 11.4 Å². The summed E-state index contributed by atoms with van der Waals surface area (Å²) in [5, 5.41) is 11.5. The van der Waals surface area contributed by atoms with Crippen molar-refractivity contribution >= 4 is 29.0 Å². The maximum absolute atomic E-state index is 12.6. The molecule has 0 radical (unpaired) electrons. The number of ether oxygens (including phenoxy) is 1. The lowest BCUT2D eigenvalue weighted by atomic mass is 10.2. The Bertz CT molecular complexity index is 1210. The number of aromatic nitrogens is 2. The fourth-order valence-electron chi connectivity index (χ4n) is 3.12. The number of thioether (sulfide) groups is 1. The van der Waals surface area contributed by atoms with Crippen LogP contribution >= 0.6 is 11.8 Å². The summed E-state index contributed by atoms with van der Waals surface area (Å²) in [6, 6.07) is 22.8. The zero-order valence-electron chi connectivity index (χ0n) is 17.4. The van der Waals surface area contributed by atoms with Gasteiger partial charge in [0.05, 0.1) is 18.4 Å². The Hall–Kier alpha value is -3.76. The predicted octanol–water partition coefficient (Wildman–Crippen LogP) is 5.56. The number of hydrogen-bond acceptors (Lipinski definition) is 5. The second kappa shape index (κ2) is 10.5. The molecule has 1 N–H and O–H groups in total. The fraction of sp³-hybridized carbons (Fsp3) is 0.160. The summed E-state index contributed by atoms with van der Waals surface area (Å²) in [7, 11) is 0. The molecule has 0 saturated carbocycles. The highest BCUT2D eigenvalue weighted by atomic mass is 32.2. The van der Waals surface area contributed by atoms with Crippen molar-refractivity contribution < 1.29 is 9.53 Å². The highest BCUT2D eigenvalue weighted by Crippen LogP contribution is 2.24. The molecule has 2 heterocycles. The van der Waals surface area contributed by atoms with E-state index >= 15 is 0 Å². The van der Waals surface area contributed by atoms with Crippen LogP contribution in [-0.2, 0) is 5.75 Å². The molecule has 0 atom stereocenters. The third-order valence-electron chi connectivity index (χ3n) is 4.71. The van der Waals surface area contributed by atoms with E-state index in [1.165, 1.54) is 0 Å². The second-order valence-corrected chi connectivity index (χ2v) is 8.15. The van der Waals surface area contributed by atoms with Crippen molar-refractivity contribution in [2.45, 2.75) is 23.5 Å². The molecule has 0 unspecified atom stereocenters. The van der Waals surface area contributed by atoms with Crippen LogP contribution in [0.4, 0.5) is 5.69 Å². The number of fused-ring (bicyclic) bond motifs is 1. The Morgan fingerprint density at radius 3 is 2.81 bits per heavy atom. The minimum Gasteiger partial charge on any atom is -0.493 e. The number of imidazole rings is 1. The molecule has 4 rings (SSSR count). The number of carbonyl (C=O) groups excluding carboxylic acids is 1. The minimum absolute atomic E-state index is 0.177. The first-order chi connectivity index (χ1) is 15.7. The zero-order valence-corrected chi connectivity index (χ0v) is 18.2. The molecule has 6 nitrogen and oxygen atoms in total. The first kappa shape index (κ1) is 21.5. The molecule has 2 aromatic carbocycles. The summed E-state index contributed by atoms with van der Waals surface area (Å²) < 4.78 is 7.63. The molecule has 0 aliphatic rings. The quantitative estimate of drug-likeness (QED) is 0.271. The molecule has 4 aromatic rings. The van der Waals surface area contributed by atoms with Crippen LogP contribution in [0.5, 0.6) is 5.75 Å². The van der Waals surface area contributed by atoms with Crippen LogP contribution in [0.1, 0.15) is 28.9 Å². The summed E-state index contributed by atoms with van der Waals surface area (Å²) in [5.74, 6) is 1.25. The topological polar surface area (TPSA) is 79.4 Å². The van der Waals surface area contributed by atoms with Crippen LogP contribution in [0.3, 0.4) is 0 Å². The van der Waals surface area contributed by atoms with Crippen molar-refractivity contribution in [3.8, 4) is 11.8 Å². The van der Waals surface area contributed by atoms with Gasteiger partial charge in [-0.1, -0.05) is 12.1 Å². The van der Waals surface area contributed by atoms with Crippen molar-refractivity contribution in [2.24, 2.45) is 0 Å². The number of nitrogens with zero attached hydrogens (tertiary/aromatic N) is 3. The van der Waals surface area contributed by atoms with Gasteiger partial charge in [0, 0.05) is 46.8 Å². The Morgan fingerprint density at radius 1 is 1.12 bits per heavy atom. The van der Waals surface area contributed by atoms with Crippen molar-refractivity contribution in [1.82, 2.24) is 9.38 Å². The van der Waals surface area contributed by atoms with Crippen molar-refractivity contribution in [3.05, 3.63) is 90.4 Å². The largest absolute Gasteiger partial charge is 0.493 e. The standard InChI is InChI=1S/C25H22N4O2S/c26-13-2-4-15-31-22-7-5-6-20(16-22)28-25(30)19-9-11-23(12-10-19)32-18-21-17-29-14-3-1-8-24(29)27-21/h1,3,5-12,14,16-17H,2,4,15,18H2,(H,28,30). The molecular weight excluding hydrogens is 420 g/mol. The van der Waals surface area contributed by atoms with Crippen LogP contribution in [0.15, 0.2) is 84.0 Å². The van der Waals surface area contributed by atoms with E-state index < -0.39 is 0 Å². The number of rotatable bonds is 9. The van der Waals surface area contributed by atoms with E-state index in [1.807, 2.05) is 77.5 Å². The highest BCUT2D eigenvalue weighted by Gasteiger charge is 2.08. The minimum atomic E-state index is -0.177. The van der Waals surface area contributed by atoms with Gasteiger partial charge in [-0.3, -0.25) is 4.79 Å². The van der Waals surface area contributed by atoms with Crippen molar-refractivity contribution in [1.29, 1.82) is 5.26 Å². The van der Waals surface area contributed by atoms with E-state index in [2.05, 4.69) is 16.4 Å². The molecule has 0 saturated heterocycles. The molecule has 0 fully saturated rings. The SMILES string of the molecule is N#CCCCOc1cccc(NC(=O)c2ccc(SCc3cn4ccccc4n3)cc2)c1. The maximum atomic E-state index is 12.6. The van der Waals surface area contributed by atoms with Crippen LogP contribution in [-0.4, -0.2) is 21.9 Å². The Labute approximate surface area is 190 Å². The molecule has 32 heavy (non-hydrogen) atoms. The lowest BCUT2D eigenvalue weighted by molar-refractivity contribution is 0.102. The molecule has 2 aromatic heterocycles. The van der Waals surface area contributed by atoms with Crippen LogP contribution in [0, 0.1) is 11.3 Å². The Kier molecular flexibility index (Phi) is 7.05. The lowest BCUT2D eigenvalue weighted by Gasteiger charge is -2.09. The van der Waals surface area contributed by atoms with Crippen LogP contribution in [0.2, 0.25) is 0 Å².